The molecule has 2 N–H and O–H groups in total. The van der Waals surface area contributed by atoms with E-state index in [-0.39, 0.29) is 5.54 Å². The number of nitrogens with two attached hydrogens (primary N) is 1. The highest BCUT2D eigenvalue weighted by atomic mass is 16.5. The van der Waals surface area contributed by atoms with E-state index in [1.807, 2.05) is 0 Å². The maximum Gasteiger partial charge on any atom is 0.0661 e. The number of ether oxygens (including phenoxy) is 1. The Morgan fingerprint density at radius 3 is 2.40 bits per heavy atom. The molecule has 1 aliphatic rings. The van der Waals surface area contributed by atoms with Gasteiger partial charge in [0.15, 0.2) is 0 Å². The zero-order chi connectivity index (χ0) is 11.5. The van der Waals surface area contributed by atoms with Gasteiger partial charge >= 0.3 is 0 Å². The molecule has 0 heterocycles. The molecule has 0 aromatic rings. The van der Waals surface area contributed by atoms with E-state index in [9.17, 15) is 0 Å². The van der Waals surface area contributed by atoms with E-state index in [0.717, 1.165) is 19.1 Å². The number of rotatable bonds is 7. The van der Waals surface area contributed by atoms with Crippen molar-refractivity contribution in [1.82, 2.24) is 4.90 Å². The molecule has 0 bridgehead atoms. The van der Waals surface area contributed by atoms with E-state index >= 15 is 0 Å². The molecule has 1 atom stereocenters. The van der Waals surface area contributed by atoms with Crippen molar-refractivity contribution in [3.05, 3.63) is 0 Å². The van der Waals surface area contributed by atoms with Crippen molar-refractivity contribution < 1.29 is 4.74 Å². The predicted molar refractivity (Wildman–Crippen MR) is 63.9 cm³/mol. The van der Waals surface area contributed by atoms with Crippen LogP contribution in [-0.4, -0.2) is 44.3 Å². The lowest BCUT2D eigenvalue weighted by atomic mass is 9.91. The van der Waals surface area contributed by atoms with Gasteiger partial charge < -0.3 is 10.5 Å². The first-order valence-corrected chi connectivity index (χ1v) is 5.97. The second kappa shape index (κ2) is 5.28. The van der Waals surface area contributed by atoms with E-state index in [2.05, 4.69) is 25.8 Å². The van der Waals surface area contributed by atoms with E-state index in [0.29, 0.717) is 12.5 Å². The second-order valence-electron chi connectivity index (χ2n) is 5.29. The highest BCUT2D eigenvalue weighted by Crippen LogP contribution is 2.42. The van der Waals surface area contributed by atoms with Gasteiger partial charge in [0.1, 0.15) is 0 Å². The third-order valence-corrected chi connectivity index (χ3v) is 3.48. The van der Waals surface area contributed by atoms with Gasteiger partial charge in [-0.15, -0.1) is 0 Å². The van der Waals surface area contributed by atoms with Crippen LogP contribution in [0.25, 0.3) is 0 Å². The summed E-state index contributed by atoms with van der Waals surface area (Å²) in [5.74, 6) is 1.42. The third-order valence-electron chi connectivity index (χ3n) is 3.48. The molecule has 0 amide bonds. The first kappa shape index (κ1) is 12.9. The molecule has 15 heavy (non-hydrogen) atoms. The lowest BCUT2D eigenvalue weighted by molar-refractivity contribution is 0.00925. The third kappa shape index (κ3) is 2.92. The van der Waals surface area contributed by atoms with Crippen molar-refractivity contribution in [3.63, 3.8) is 0 Å². The number of nitrogens with zero attached hydrogens (tertiary/aromatic N) is 1. The Morgan fingerprint density at radius 2 is 2.07 bits per heavy atom. The molecule has 1 saturated carbocycles. The average molecular weight is 214 g/mol. The molecule has 0 aliphatic heterocycles. The van der Waals surface area contributed by atoms with Crippen molar-refractivity contribution in [2.75, 3.05) is 33.9 Å². The smallest absolute Gasteiger partial charge is 0.0661 e. The monoisotopic (exact) mass is 214 g/mol. The fourth-order valence-electron chi connectivity index (χ4n) is 2.52. The quantitative estimate of drug-likeness (QED) is 0.695. The van der Waals surface area contributed by atoms with E-state index in [1.54, 1.807) is 7.11 Å². The fraction of sp³-hybridized carbons (Fsp3) is 1.00. The number of methoxy groups -OCH3 is 1. The highest BCUT2D eigenvalue weighted by molar-refractivity contribution is 5.02. The molecule has 0 saturated heterocycles. The molecule has 1 fully saturated rings. The van der Waals surface area contributed by atoms with Gasteiger partial charge in [0.05, 0.1) is 12.1 Å². The summed E-state index contributed by atoms with van der Waals surface area (Å²) < 4.78 is 5.38. The summed E-state index contributed by atoms with van der Waals surface area (Å²) in [5, 5.41) is 0. The summed E-state index contributed by atoms with van der Waals surface area (Å²) in [6.07, 6.45) is 2.62. The molecule has 3 nitrogen and oxygen atoms in total. The minimum absolute atomic E-state index is 0.0824. The largest absolute Gasteiger partial charge is 0.383 e. The molecule has 1 unspecified atom stereocenters. The Kier molecular flexibility index (Phi) is 4.56. The van der Waals surface area contributed by atoms with Gasteiger partial charge in [0, 0.05) is 20.2 Å². The molecule has 0 aromatic heterocycles. The van der Waals surface area contributed by atoms with Gasteiger partial charge in [-0.3, -0.25) is 4.90 Å². The number of likely N-dealkylation sites (N-methyl/N-ethyl adjacent to an activating group) is 1. The maximum atomic E-state index is 5.99. The van der Waals surface area contributed by atoms with Gasteiger partial charge in [0.2, 0.25) is 0 Å². The van der Waals surface area contributed by atoms with Crippen molar-refractivity contribution in [2.24, 2.45) is 17.6 Å². The minimum atomic E-state index is 0.0824. The topological polar surface area (TPSA) is 38.5 Å². The van der Waals surface area contributed by atoms with Crippen LogP contribution in [0.15, 0.2) is 0 Å². The van der Waals surface area contributed by atoms with Crippen LogP contribution in [0, 0.1) is 11.8 Å². The maximum absolute atomic E-state index is 5.99. The Labute approximate surface area is 94.0 Å². The van der Waals surface area contributed by atoms with Gasteiger partial charge in [-0.1, -0.05) is 13.8 Å². The van der Waals surface area contributed by atoms with Crippen LogP contribution in [0.4, 0.5) is 0 Å². The molecule has 0 radical (unpaired) electrons. The molecule has 0 aromatic carbocycles. The van der Waals surface area contributed by atoms with Crippen LogP contribution in [0.3, 0.4) is 0 Å². The minimum Gasteiger partial charge on any atom is -0.383 e. The van der Waals surface area contributed by atoms with Crippen molar-refractivity contribution >= 4 is 0 Å². The molecule has 3 heteroatoms. The van der Waals surface area contributed by atoms with E-state index in [1.165, 1.54) is 12.8 Å². The Hall–Kier alpha value is -0.120. The molecule has 1 aliphatic carbocycles. The number of hydrogen-bond donors (Lipinski definition) is 1. The molecule has 90 valence electrons. The zero-order valence-electron chi connectivity index (χ0n) is 10.6. The van der Waals surface area contributed by atoms with E-state index in [4.69, 9.17) is 10.5 Å². The summed E-state index contributed by atoms with van der Waals surface area (Å²) in [5.41, 5.74) is 6.07. The van der Waals surface area contributed by atoms with Gasteiger partial charge in [-0.25, -0.2) is 0 Å². The highest BCUT2D eigenvalue weighted by Gasteiger charge is 2.47. The summed E-state index contributed by atoms with van der Waals surface area (Å²) in [6.45, 7) is 7.05. The van der Waals surface area contributed by atoms with E-state index < -0.39 is 0 Å². The fourth-order valence-corrected chi connectivity index (χ4v) is 2.52. The Bertz CT molecular complexity index is 192. The van der Waals surface area contributed by atoms with Crippen molar-refractivity contribution in [2.45, 2.75) is 32.2 Å². The standard InChI is InChI=1S/C12H26N2O/c1-10(2)7-14(3)12(8-13,9-15-4)11-5-6-11/h10-11H,5-9,13H2,1-4H3. The lowest BCUT2D eigenvalue weighted by Gasteiger charge is -2.42. The van der Waals surface area contributed by atoms with Crippen LogP contribution >= 0.6 is 0 Å². The van der Waals surface area contributed by atoms with Crippen LogP contribution in [0.2, 0.25) is 0 Å². The zero-order valence-corrected chi connectivity index (χ0v) is 10.6. The van der Waals surface area contributed by atoms with Crippen LogP contribution in [0.1, 0.15) is 26.7 Å². The van der Waals surface area contributed by atoms with Gasteiger partial charge in [-0.05, 0) is 31.7 Å². The second-order valence-corrected chi connectivity index (χ2v) is 5.29. The van der Waals surface area contributed by atoms with Crippen LogP contribution in [0.5, 0.6) is 0 Å². The molecule has 0 spiro atoms. The molecule has 1 rings (SSSR count). The number of hydrogen-bond acceptors (Lipinski definition) is 3. The summed E-state index contributed by atoms with van der Waals surface area (Å²) >= 11 is 0. The lowest BCUT2D eigenvalue weighted by Crippen LogP contribution is -2.58. The Morgan fingerprint density at radius 1 is 1.47 bits per heavy atom. The Balaban J connectivity index is 2.68. The van der Waals surface area contributed by atoms with Gasteiger partial charge in [-0.2, -0.15) is 0 Å². The van der Waals surface area contributed by atoms with Crippen molar-refractivity contribution in [3.8, 4) is 0 Å². The molecular formula is C12H26N2O. The van der Waals surface area contributed by atoms with Crippen LogP contribution in [-0.2, 0) is 4.74 Å². The first-order valence-electron chi connectivity index (χ1n) is 5.97. The first-order chi connectivity index (χ1) is 7.06. The molecular weight excluding hydrogens is 188 g/mol. The summed E-state index contributed by atoms with van der Waals surface area (Å²) in [4.78, 5) is 2.42. The normalized spacial score (nSPS) is 21.0. The SMILES string of the molecule is COCC(CN)(C1CC1)N(C)CC(C)C. The van der Waals surface area contributed by atoms with Gasteiger partial charge in [0.25, 0.3) is 0 Å². The summed E-state index contributed by atoms with van der Waals surface area (Å²) in [6, 6.07) is 0. The summed E-state index contributed by atoms with van der Waals surface area (Å²) in [7, 11) is 3.96. The van der Waals surface area contributed by atoms with Crippen molar-refractivity contribution in [1.29, 1.82) is 0 Å². The predicted octanol–water partition coefficient (Wildman–Crippen LogP) is 1.33. The average Bonchev–Trinajstić information content (AvgIpc) is 2.96. The van der Waals surface area contributed by atoms with Crippen LogP contribution < -0.4 is 5.73 Å².